The molecule has 1 nitrogen and oxygen atoms in total. The molecule has 0 aliphatic rings. The first-order chi connectivity index (χ1) is 6.25. The molecule has 1 aromatic rings. The van der Waals surface area contributed by atoms with Gasteiger partial charge in [-0.05, 0) is 12.1 Å². The number of halogens is 2. The monoisotopic (exact) mass is 199 g/mol. The van der Waals surface area contributed by atoms with Gasteiger partial charge >= 0.3 is 0 Å². The molecule has 0 aliphatic carbocycles. The van der Waals surface area contributed by atoms with Gasteiger partial charge in [-0.1, -0.05) is 32.9 Å². The fraction of sp³-hybridized carbons (Fsp3) is 0.455. The van der Waals surface area contributed by atoms with E-state index in [-0.39, 0.29) is 5.56 Å². The van der Waals surface area contributed by atoms with E-state index in [0.717, 1.165) is 0 Å². The number of hydrogen-bond acceptors (Lipinski definition) is 1. The fourth-order valence-electron chi connectivity index (χ4n) is 1.13. The summed E-state index contributed by atoms with van der Waals surface area (Å²) < 4.78 is 27.5. The molecular weight excluding hydrogens is 184 g/mol. The molecule has 0 atom stereocenters. The first kappa shape index (κ1) is 11.0. The maximum Gasteiger partial charge on any atom is 0.277 e. The van der Waals surface area contributed by atoms with Gasteiger partial charge in [-0.25, -0.2) is 8.78 Å². The van der Waals surface area contributed by atoms with E-state index in [1.54, 1.807) is 0 Å². The van der Waals surface area contributed by atoms with E-state index in [1.807, 2.05) is 0 Å². The molecule has 0 aliphatic heterocycles. The Morgan fingerprint density at radius 1 is 1.00 bits per heavy atom. The van der Waals surface area contributed by atoms with E-state index in [2.05, 4.69) is 0 Å². The van der Waals surface area contributed by atoms with Crippen LogP contribution in [0, 0.1) is 5.41 Å². The summed E-state index contributed by atoms with van der Waals surface area (Å²) in [4.78, 5) is 0. The molecule has 0 amide bonds. The summed E-state index contributed by atoms with van der Waals surface area (Å²) in [5.74, 6) is -2.83. The Labute approximate surface area is 82.9 Å². The molecule has 0 fully saturated rings. The van der Waals surface area contributed by atoms with Crippen LogP contribution in [0.4, 0.5) is 14.5 Å². The minimum atomic E-state index is -2.83. The molecule has 0 saturated carbocycles. The summed E-state index contributed by atoms with van der Waals surface area (Å²) in [6, 6.07) is 5.74. The Morgan fingerprint density at radius 2 is 1.43 bits per heavy atom. The lowest BCUT2D eigenvalue weighted by atomic mass is 9.83. The lowest BCUT2D eigenvalue weighted by molar-refractivity contribution is -0.104. The third-order valence-corrected chi connectivity index (χ3v) is 2.22. The van der Waals surface area contributed by atoms with Crippen molar-refractivity contribution < 1.29 is 8.78 Å². The Hall–Kier alpha value is -1.12. The van der Waals surface area contributed by atoms with Crippen LogP contribution in [0.2, 0.25) is 0 Å². The minimum absolute atomic E-state index is 0.0131. The predicted octanol–water partition coefficient (Wildman–Crippen LogP) is 3.41. The molecule has 0 saturated heterocycles. The first-order valence-electron chi connectivity index (χ1n) is 4.49. The van der Waals surface area contributed by atoms with Crippen molar-refractivity contribution in [1.82, 2.24) is 0 Å². The highest BCUT2D eigenvalue weighted by Crippen LogP contribution is 2.44. The van der Waals surface area contributed by atoms with Crippen LogP contribution in [0.25, 0.3) is 0 Å². The Morgan fingerprint density at radius 3 is 1.79 bits per heavy atom. The van der Waals surface area contributed by atoms with Crippen LogP contribution in [0.1, 0.15) is 26.3 Å². The topological polar surface area (TPSA) is 26.0 Å². The van der Waals surface area contributed by atoms with Gasteiger partial charge in [-0.3, -0.25) is 0 Å². The zero-order valence-electron chi connectivity index (χ0n) is 8.64. The number of rotatable bonds is 1. The maximum absolute atomic E-state index is 13.8. The van der Waals surface area contributed by atoms with Crippen LogP contribution in [0.15, 0.2) is 24.3 Å². The molecule has 3 heteroatoms. The number of anilines is 1. The van der Waals surface area contributed by atoms with Crippen molar-refractivity contribution in [1.29, 1.82) is 0 Å². The number of nitrogens with two attached hydrogens (primary N) is 1. The van der Waals surface area contributed by atoms with Crippen LogP contribution >= 0.6 is 0 Å². The number of benzene rings is 1. The second kappa shape index (κ2) is 3.23. The minimum Gasteiger partial charge on any atom is -0.399 e. The maximum atomic E-state index is 13.8. The van der Waals surface area contributed by atoms with Crippen molar-refractivity contribution in [3.05, 3.63) is 29.8 Å². The van der Waals surface area contributed by atoms with Crippen molar-refractivity contribution in [3.63, 3.8) is 0 Å². The van der Waals surface area contributed by atoms with E-state index in [4.69, 9.17) is 5.73 Å². The van der Waals surface area contributed by atoms with Crippen molar-refractivity contribution in [3.8, 4) is 0 Å². The van der Waals surface area contributed by atoms with Gasteiger partial charge in [0.2, 0.25) is 0 Å². The molecule has 0 heterocycles. The van der Waals surface area contributed by atoms with Crippen LogP contribution in [0.5, 0.6) is 0 Å². The third-order valence-electron chi connectivity index (χ3n) is 2.22. The van der Waals surface area contributed by atoms with Crippen LogP contribution in [0.3, 0.4) is 0 Å². The van der Waals surface area contributed by atoms with Gasteiger partial charge in [0.1, 0.15) is 0 Å². The Bertz CT molecular complexity index is 309. The normalized spacial score (nSPS) is 12.9. The van der Waals surface area contributed by atoms with Crippen LogP contribution in [-0.4, -0.2) is 0 Å². The highest BCUT2D eigenvalue weighted by Gasteiger charge is 2.44. The van der Waals surface area contributed by atoms with Gasteiger partial charge < -0.3 is 5.73 Å². The van der Waals surface area contributed by atoms with E-state index in [1.165, 1.54) is 45.0 Å². The second-order valence-electron chi connectivity index (χ2n) is 4.45. The van der Waals surface area contributed by atoms with Gasteiger partial charge in [-0.15, -0.1) is 0 Å². The summed E-state index contributed by atoms with van der Waals surface area (Å²) in [5, 5.41) is 0. The van der Waals surface area contributed by atoms with Gasteiger partial charge in [0, 0.05) is 16.7 Å². The molecule has 0 radical (unpaired) electrons. The molecule has 14 heavy (non-hydrogen) atoms. The summed E-state index contributed by atoms with van der Waals surface area (Å²) in [5.41, 5.74) is 4.87. The van der Waals surface area contributed by atoms with Gasteiger partial charge in [-0.2, -0.15) is 0 Å². The molecule has 0 bridgehead atoms. The van der Waals surface area contributed by atoms with E-state index in [0.29, 0.717) is 5.69 Å². The zero-order chi connectivity index (χ0) is 11.0. The Kier molecular flexibility index (Phi) is 2.52. The number of alkyl halides is 2. The number of nitrogen functional groups attached to an aromatic ring is 1. The molecule has 1 aromatic carbocycles. The smallest absolute Gasteiger partial charge is 0.277 e. The predicted molar refractivity (Wildman–Crippen MR) is 54.2 cm³/mol. The Balaban J connectivity index is 3.10. The molecule has 0 aromatic heterocycles. The standard InChI is InChI=1S/C11H15F2N/c1-10(2,3)11(12,13)8-4-6-9(14)7-5-8/h4-7H,14H2,1-3H3. The molecule has 78 valence electrons. The van der Waals surface area contributed by atoms with Crippen molar-refractivity contribution in [2.24, 2.45) is 5.41 Å². The van der Waals surface area contributed by atoms with Crippen molar-refractivity contribution in [2.45, 2.75) is 26.7 Å². The zero-order valence-corrected chi connectivity index (χ0v) is 8.64. The lowest BCUT2D eigenvalue weighted by Crippen LogP contribution is -2.31. The van der Waals surface area contributed by atoms with Crippen molar-refractivity contribution >= 4 is 5.69 Å². The third kappa shape index (κ3) is 1.86. The fourth-order valence-corrected chi connectivity index (χ4v) is 1.13. The van der Waals surface area contributed by atoms with Crippen LogP contribution < -0.4 is 5.73 Å². The van der Waals surface area contributed by atoms with Gasteiger partial charge in [0.25, 0.3) is 5.92 Å². The number of hydrogen-bond donors (Lipinski definition) is 1. The second-order valence-corrected chi connectivity index (χ2v) is 4.45. The van der Waals surface area contributed by atoms with E-state index in [9.17, 15) is 8.78 Å². The quantitative estimate of drug-likeness (QED) is 0.689. The first-order valence-corrected chi connectivity index (χ1v) is 4.49. The molecular formula is C11H15F2N. The highest BCUT2D eigenvalue weighted by molar-refractivity contribution is 5.40. The SMILES string of the molecule is CC(C)(C)C(F)(F)c1ccc(N)cc1. The van der Waals surface area contributed by atoms with Gasteiger partial charge in [0.05, 0.1) is 0 Å². The average molecular weight is 199 g/mol. The molecule has 0 unspecified atom stereocenters. The van der Waals surface area contributed by atoms with Crippen LogP contribution in [-0.2, 0) is 5.92 Å². The van der Waals surface area contributed by atoms with E-state index >= 15 is 0 Å². The molecule has 2 N–H and O–H groups in total. The van der Waals surface area contributed by atoms with Gasteiger partial charge in [0.15, 0.2) is 0 Å². The molecule has 0 spiro atoms. The summed E-state index contributed by atoms with van der Waals surface area (Å²) >= 11 is 0. The average Bonchev–Trinajstić information content (AvgIpc) is 2.03. The lowest BCUT2D eigenvalue weighted by Gasteiger charge is -2.30. The summed E-state index contributed by atoms with van der Waals surface area (Å²) in [7, 11) is 0. The van der Waals surface area contributed by atoms with Crippen molar-refractivity contribution in [2.75, 3.05) is 5.73 Å². The molecule has 1 rings (SSSR count). The summed E-state index contributed by atoms with van der Waals surface area (Å²) in [6.45, 7) is 4.55. The van der Waals surface area contributed by atoms with E-state index < -0.39 is 11.3 Å². The largest absolute Gasteiger partial charge is 0.399 e. The summed E-state index contributed by atoms with van der Waals surface area (Å²) in [6.07, 6.45) is 0. The highest BCUT2D eigenvalue weighted by atomic mass is 19.3.